The molecular weight excluding hydrogens is 245 g/mol. The van der Waals surface area contributed by atoms with Crippen LogP contribution in [0.15, 0.2) is 12.3 Å². The first-order valence-corrected chi connectivity index (χ1v) is 6.02. The van der Waals surface area contributed by atoms with Gasteiger partial charge < -0.3 is 10.2 Å². The van der Waals surface area contributed by atoms with Gasteiger partial charge in [-0.15, -0.1) is 0 Å². The SMILES string of the molecule is CC(=O)SCC(O)C(O)c1ncc(F)cc1C. The van der Waals surface area contributed by atoms with Gasteiger partial charge in [0.05, 0.1) is 18.0 Å². The number of hydrogen-bond donors (Lipinski definition) is 2. The van der Waals surface area contributed by atoms with Gasteiger partial charge in [0.25, 0.3) is 0 Å². The Labute approximate surface area is 103 Å². The van der Waals surface area contributed by atoms with Crippen LogP contribution in [0.3, 0.4) is 0 Å². The van der Waals surface area contributed by atoms with E-state index < -0.39 is 18.0 Å². The lowest BCUT2D eigenvalue weighted by molar-refractivity contribution is -0.109. The van der Waals surface area contributed by atoms with Gasteiger partial charge in [-0.1, -0.05) is 11.8 Å². The zero-order chi connectivity index (χ0) is 13.0. The Morgan fingerprint density at radius 2 is 2.24 bits per heavy atom. The Kier molecular flexibility index (Phi) is 5.04. The maximum Gasteiger partial charge on any atom is 0.185 e. The van der Waals surface area contributed by atoms with Crippen LogP contribution in [0, 0.1) is 12.7 Å². The van der Waals surface area contributed by atoms with Gasteiger partial charge in [-0.25, -0.2) is 4.39 Å². The molecule has 0 aromatic carbocycles. The van der Waals surface area contributed by atoms with Gasteiger partial charge in [-0.05, 0) is 18.6 Å². The number of hydrogen-bond acceptors (Lipinski definition) is 5. The Morgan fingerprint density at radius 3 is 2.76 bits per heavy atom. The summed E-state index contributed by atoms with van der Waals surface area (Å²) in [7, 11) is 0. The van der Waals surface area contributed by atoms with Crippen LogP contribution in [-0.4, -0.2) is 32.2 Å². The third kappa shape index (κ3) is 4.07. The maximum absolute atomic E-state index is 12.8. The minimum absolute atomic E-state index is 0.0784. The molecule has 0 bridgehead atoms. The molecule has 94 valence electrons. The second-order valence-electron chi connectivity index (χ2n) is 3.67. The van der Waals surface area contributed by atoms with Crippen LogP contribution >= 0.6 is 11.8 Å². The van der Waals surface area contributed by atoms with Crippen molar-refractivity contribution in [2.24, 2.45) is 0 Å². The predicted molar refractivity (Wildman–Crippen MR) is 63.0 cm³/mol. The van der Waals surface area contributed by atoms with E-state index in [9.17, 15) is 19.4 Å². The maximum atomic E-state index is 12.8. The summed E-state index contributed by atoms with van der Waals surface area (Å²) in [5.74, 6) is -0.416. The molecule has 0 aliphatic heterocycles. The second-order valence-corrected chi connectivity index (χ2v) is 4.87. The van der Waals surface area contributed by atoms with Crippen LogP contribution in [-0.2, 0) is 4.79 Å². The number of nitrogens with zero attached hydrogens (tertiary/aromatic N) is 1. The number of pyridine rings is 1. The van der Waals surface area contributed by atoms with Gasteiger partial charge >= 0.3 is 0 Å². The molecule has 1 aromatic heterocycles. The normalized spacial score (nSPS) is 14.4. The number of aliphatic hydroxyl groups is 2. The molecule has 0 amide bonds. The number of aromatic nitrogens is 1. The van der Waals surface area contributed by atoms with Crippen molar-refractivity contribution in [3.05, 3.63) is 29.3 Å². The molecule has 4 nitrogen and oxygen atoms in total. The average Bonchev–Trinajstić information content (AvgIpc) is 2.25. The molecular formula is C11H14FNO3S. The number of thioether (sulfide) groups is 1. The van der Waals surface area contributed by atoms with Crippen molar-refractivity contribution in [3.8, 4) is 0 Å². The Bertz CT molecular complexity index is 414. The van der Waals surface area contributed by atoms with E-state index in [0.717, 1.165) is 18.0 Å². The first-order chi connectivity index (χ1) is 7.91. The zero-order valence-electron chi connectivity index (χ0n) is 9.55. The minimum atomic E-state index is -1.22. The highest BCUT2D eigenvalue weighted by Crippen LogP contribution is 2.21. The first-order valence-electron chi connectivity index (χ1n) is 5.03. The van der Waals surface area contributed by atoms with E-state index in [-0.39, 0.29) is 16.6 Å². The predicted octanol–water partition coefficient (Wildman–Crippen LogP) is 1.20. The standard InChI is InChI=1S/C11H14FNO3S/c1-6-3-8(12)4-13-10(6)11(16)9(15)5-17-7(2)14/h3-4,9,11,15-16H,5H2,1-2H3. The molecule has 0 aliphatic rings. The van der Waals surface area contributed by atoms with Crippen molar-refractivity contribution in [3.63, 3.8) is 0 Å². The molecule has 2 atom stereocenters. The van der Waals surface area contributed by atoms with Crippen molar-refractivity contribution < 1.29 is 19.4 Å². The molecule has 0 fully saturated rings. The van der Waals surface area contributed by atoms with E-state index in [2.05, 4.69) is 4.98 Å². The average molecular weight is 259 g/mol. The molecule has 1 rings (SSSR count). The van der Waals surface area contributed by atoms with Gasteiger partial charge in [0.15, 0.2) is 5.12 Å². The Balaban J connectivity index is 2.74. The molecule has 1 aromatic rings. The summed E-state index contributed by atoms with van der Waals surface area (Å²) in [4.78, 5) is 14.5. The minimum Gasteiger partial charge on any atom is -0.389 e. The van der Waals surface area contributed by atoms with E-state index >= 15 is 0 Å². The fraction of sp³-hybridized carbons (Fsp3) is 0.455. The molecule has 0 saturated heterocycles. The fourth-order valence-corrected chi connectivity index (χ4v) is 1.92. The molecule has 6 heteroatoms. The third-order valence-corrected chi connectivity index (χ3v) is 3.10. The van der Waals surface area contributed by atoms with Crippen molar-refractivity contribution >= 4 is 16.9 Å². The van der Waals surface area contributed by atoms with Crippen LogP contribution in [0.1, 0.15) is 24.3 Å². The Hall–Kier alpha value is -0.980. The van der Waals surface area contributed by atoms with E-state index in [1.54, 1.807) is 6.92 Å². The molecule has 0 saturated carbocycles. The summed E-state index contributed by atoms with van der Waals surface area (Å²) in [5, 5.41) is 19.3. The lowest BCUT2D eigenvalue weighted by Crippen LogP contribution is -2.23. The topological polar surface area (TPSA) is 70.4 Å². The molecule has 0 spiro atoms. The van der Waals surface area contributed by atoms with Crippen molar-refractivity contribution in [2.75, 3.05) is 5.75 Å². The summed E-state index contributed by atoms with van der Waals surface area (Å²) >= 11 is 0.921. The van der Waals surface area contributed by atoms with Crippen molar-refractivity contribution in [2.45, 2.75) is 26.1 Å². The smallest absolute Gasteiger partial charge is 0.185 e. The highest BCUT2D eigenvalue weighted by atomic mass is 32.2. The monoisotopic (exact) mass is 259 g/mol. The summed E-state index contributed by atoms with van der Waals surface area (Å²) in [5.41, 5.74) is 0.687. The molecule has 0 radical (unpaired) electrons. The van der Waals surface area contributed by atoms with Crippen molar-refractivity contribution in [1.82, 2.24) is 4.98 Å². The van der Waals surface area contributed by atoms with Crippen LogP contribution < -0.4 is 0 Å². The summed E-state index contributed by atoms with van der Waals surface area (Å²) in [6.07, 6.45) is -1.35. The van der Waals surface area contributed by atoms with E-state index in [1.165, 1.54) is 13.0 Å². The quantitative estimate of drug-likeness (QED) is 0.850. The number of rotatable bonds is 4. The molecule has 0 aliphatic carbocycles. The largest absolute Gasteiger partial charge is 0.389 e. The van der Waals surface area contributed by atoms with Crippen LogP contribution in [0.5, 0.6) is 0 Å². The molecule has 17 heavy (non-hydrogen) atoms. The van der Waals surface area contributed by atoms with Crippen LogP contribution in [0.2, 0.25) is 0 Å². The number of halogens is 1. The number of aliphatic hydroxyl groups excluding tert-OH is 2. The van der Waals surface area contributed by atoms with E-state index in [1.807, 2.05) is 0 Å². The number of carbonyl (C=O) groups excluding carboxylic acids is 1. The van der Waals surface area contributed by atoms with E-state index in [0.29, 0.717) is 5.56 Å². The number of aryl methyl sites for hydroxylation is 1. The first kappa shape index (κ1) is 14.1. The summed E-state index contributed by atoms with van der Waals surface area (Å²) in [6.45, 7) is 2.98. The molecule has 2 unspecified atom stereocenters. The van der Waals surface area contributed by atoms with Gasteiger partial charge in [-0.3, -0.25) is 9.78 Å². The lowest BCUT2D eigenvalue weighted by atomic mass is 10.1. The van der Waals surface area contributed by atoms with E-state index in [4.69, 9.17) is 0 Å². The van der Waals surface area contributed by atoms with Gasteiger partial charge in [-0.2, -0.15) is 0 Å². The van der Waals surface area contributed by atoms with Crippen molar-refractivity contribution in [1.29, 1.82) is 0 Å². The summed E-state index contributed by atoms with van der Waals surface area (Å²) < 4.78 is 12.8. The molecule has 1 heterocycles. The van der Waals surface area contributed by atoms with Gasteiger partial charge in [0.1, 0.15) is 11.9 Å². The third-order valence-electron chi connectivity index (χ3n) is 2.19. The zero-order valence-corrected chi connectivity index (χ0v) is 10.4. The van der Waals surface area contributed by atoms with Crippen LogP contribution in [0.4, 0.5) is 4.39 Å². The highest BCUT2D eigenvalue weighted by molar-refractivity contribution is 8.13. The number of carbonyl (C=O) groups is 1. The Morgan fingerprint density at radius 1 is 1.59 bits per heavy atom. The highest BCUT2D eigenvalue weighted by Gasteiger charge is 2.22. The molecule has 2 N–H and O–H groups in total. The van der Waals surface area contributed by atoms with Crippen LogP contribution in [0.25, 0.3) is 0 Å². The summed E-state index contributed by atoms with van der Waals surface area (Å²) in [6, 6.07) is 1.23. The lowest BCUT2D eigenvalue weighted by Gasteiger charge is -2.18. The fourth-order valence-electron chi connectivity index (χ4n) is 1.34. The second kappa shape index (κ2) is 6.09. The van der Waals surface area contributed by atoms with Gasteiger partial charge in [0.2, 0.25) is 0 Å². The van der Waals surface area contributed by atoms with Gasteiger partial charge in [0, 0.05) is 12.7 Å².